The van der Waals surface area contributed by atoms with Gasteiger partial charge < -0.3 is 9.64 Å². The highest BCUT2D eigenvalue weighted by Crippen LogP contribution is 2.21. The minimum absolute atomic E-state index is 0.181. The van der Waals surface area contributed by atoms with Gasteiger partial charge in [-0.1, -0.05) is 25.5 Å². The van der Waals surface area contributed by atoms with Crippen LogP contribution < -0.4 is 4.72 Å². The number of amides is 1. The molecule has 1 N–H and O–H groups in total. The van der Waals surface area contributed by atoms with Gasteiger partial charge in [0.25, 0.3) is 0 Å². The lowest BCUT2D eigenvalue weighted by Gasteiger charge is -2.28. The molecule has 0 unspecified atom stereocenters. The number of nitrogens with one attached hydrogen (secondary N) is 1. The summed E-state index contributed by atoms with van der Waals surface area (Å²) in [7, 11) is -3.59. The van der Waals surface area contributed by atoms with E-state index in [0.29, 0.717) is 6.54 Å². The zero-order chi connectivity index (χ0) is 19.4. The lowest BCUT2D eigenvalue weighted by molar-refractivity contribution is 0.0229. The van der Waals surface area contributed by atoms with Gasteiger partial charge in [0, 0.05) is 19.1 Å². The summed E-state index contributed by atoms with van der Waals surface area (Å²) in [5, 5.41) is 0. The number of benzene rings is 1. The third-order valence-corrected chi connectivity index (χ3v) is 5.73. The highest BCUT2D eigenvalue weighted by molar-refractivity contribution is 7.89. The molecule has 1 aromatic rings. The van der Waals surface area contributed by atoms with Crippen LogP contribution in [0.4, 0.5) is 4.79 Å². The zero-order valence-corrected chi connectivity index (χ0v) is 16.9. The predicted molar refractivity (Wildman–Crippen MR) is 102 cm³/mol. The molecule has 1 aliphatic heterocycles. The van der Waals surface area contributed by atoms with E-state index in [2.05, 4.69) is 11.6 Å². The highest BCUT2D eigenvalue weighted by atomic mass is 32.2. The smallest absolute Gasteiger partial charge is 0.410 e. The Bertz CT molecular complexity index is 708. The number of carbonyl (C=O) groups excluding carboxylic acids is 1. The molecule has 2 rings (SSSR count). The molecule has 0 saturated carbocycles. The van der Waals surface area contributed by atoms with Crippen molar-refractivity contribution in [2.45, 2.75) is 69.9 Å². The fraction of sp³-hybridized carbons (Fsp3) is 0.632. The van der Waals surface area contributed by atoms with Crippen molar-refractivity contribution in [3.63, 3.8) is 0 Å². The summed E-state index contributed by atoms with van der Waals surface area (Å²) in [6, 6.07) is 6.78. The topological polar surface area (TPSA) is 75.7 Å². The lowest BCUT2D eigenvalue weighted by Crippen LogP contribution is -2.45. The van der Waals surface area contributed by atoms with Crippen molar-refractivity contribution in [2.24, 2.45) is 0 Å². The molecule has 1 saturated heterocycles. The zero-order valence-electron chi connectivity index (χ0n) is 16.1. The van der Waals surface area contributed by atoms with Gasteiger partial charge in [-0.25, -0.2) is 17.9 Å². The minimum Gasteiger partial charge on any atom is -0.444 e. The summed E-state index contributed by atoms with van der Waals surface area (Å²) in [5.74, 6) is 0. The third-order valence-electron chi connectivity index (χ3n) is 4.29. The summed E-state index contributed by atoms with van der Waals surface area (Å²) in [5.41, 5.74) is 0.558. The van der Waals surface area contributed by atoms with Gasteiger partial charge in [-0.3, -0.25) is 0 Å². The fourth-order valence-electron chi connectivity index (χ4n) is 3.02. The SMILES string of the molecule is CCCc1ccc(S(=O)(=O)NC[C@H]2CCCN2C(=O)OC(C)(C)C)cc1. The van der Waals surface area contributed by atoms with Gasteiger partial charge in [-0.05, 0) is 57.7 Å². The Hall–Kier alpha value is -1.60. The van der Waals surface area contributed by atoms with Crippen LogP contribution >= 0.6 is 0 Å². The van der Waals surface area contributed by atoms with E-state index in [0.717, 1.165) is 31.2 Å². The van der Waals surface area contributed by atoms with E-state index in [9.17, 15) is 13.2 Å². The monoisotopic (exact) mass is 382 g/mol. The molecule has 26 heavy (non-hydrogen) atoms. The Morgan fingerprint density at radius 3 is 2.50 bits per heavy atom. The van der Waals surface area contributed by atoms with Crippen molar-refractivity contribution in [3.8, 4) is 0 Å². The van der Waals surface area contributed by atoms with Crippen molar-refractivity contribution >= 4 is 16.1 Å². The molecular weight excluding hydrogens is 352 g/mol. The van der Waals surface area contributed by atoms with Crippen LogP contribution in [0.15, 0.2) is 29.2 Å². The van der Waals surface area contributed by atoms with E-state index in [1.807, 2.05) is 32.9 Å². The molecule has 1 atom stereocenters. The molecule has 1 fully saturated rings. The molecule has 0 radical (unpaired) electrons. The number of rotatable bonds is 6. The summed E-state index contributed by atoms with van der Waals surface area (Å²) in [4.78, 5) is 14.2. The van der Waals surface area contributed by atoms with E-state index in [1.54, 1.807) is 17.0 Å². The Balaban J connectivity index is 1.98. The van der Waals surface area contributed by atoms with Crippen LogP contribution in [0.5, 0.6) is 0 Å². The van der Waals surface area contributed by atoms with E-state index in [1.165, 1.54) is 0 Å². The Morgan fingerprint density at radius 1 is 1.27 bits per heavy atom. The van der Waals surface area contributed by atoms with Crippen LogP contribution in [0.25, 0.3) is 0 Å². The summed E-state index contributed by atoms with van der Waals surface area (Å²) < 4.78 is 33.1. The summed E-state index contributed by atoms with van der Waals surface area (Å²) in [6.45, 7) is 8.33. The quantitative estimate of drug-likeness (QED) is 0.819. The molecule has 1 aliphatic rings. The largest absolute Gasteiger partial charge is 0.444 e. The van der Waals surface area contributed by atoms with Crippen molar-refractivity contribution in [3.05, 3.63) is 29.8 Å². The molecule has 0 bridgehead atoms. The van der Waals surface area contributed by atoms with Crippen LogP contribution in [0.3, 0.4) is 0 Å². The van der Waals surface area contributed by atoms with Crippen LogP contribution in [-0.2, 0) is 21.2 Å². The van der Waals surface area contributed by atoms with Gasteiger partial charge in [0.05, 0.1) is 4.90 Å². The normalized spacial score (nSPS) is 18.2. The average molecular weight is 383 g/mol. The first-order valence-corrected chi connectivity index (χ1v) is 10.7. The van der Waals surface area contributed by atoms with Crippen LogP contribution in [0.2, 0.25) is 0 Å². The molecule has 1 aromatic carbocycles. The number of carbonyl (C=O) groups is 1. The number of nitrogens with zero attached hydrogens (tertiary/aromatic N) is 1. The Labute approximate surface area is 157 Å². The maximum Gasteiger partial charge on any atom is 0.410 e. The lowest BCUT2D eigenvalue weighted by atomic mass is 10.1. The number of sulfonamides is 1. The van der Waals surface area contributed by atoms with Crippen molar-refractivity contribution in [1.82, 2.24) is 9.62 Å². The number of ether oxygens (including phenoxy) is 1. The van der Waals surface area contributed by atoms with Gasteiger partial charge in [0.1, 0.15) is 5.60 Å². The molecule has 0 aromatic heterocycles. The standard InChI is InChI=1S/C19H30N2O4S/c1-5-7-15-9-11-17(12-10-15)26(23,24)20-14-16-8-6-13-21(16)18(22)25-19(2,3)4/h9-12,16,20H,5-8,13-14H2,1-4H3/t16-/m1/s1. The van der Waals surface area contributed by atoms with Crippen LogP contribution in [-0.4, -0.2) is 44.1 Å². The second-order valence-electron chi connectivity index (χ2n) is 7.72. The van der Waals surface area contributed by atoms with Gasteiger partial charge in [0.2, 0.25) is 10.0 Å². The molecule has 1 amide bonds. The summed E-state index contributed by atoms with van der Waals surface area (Å²) >= 11 is 0. The first-order valence-electron chi connectivity index (χ1n) is 9.20. The second kappa shape index (κ2) is 8.39. The van der Waals surface area contributed by atoms with Crippen molar-refractivity contribution < 1.29 is 17.9 Å². The number of aryl methyl sites for hydroxylation is 1. The van der Waals surface area contributed by atoms with E-state index < -0.39 is 15.6 Å². The fourth-order valence-corrected chi connectivity index (χ4v) is 4.09. The molecule has 6 nitrogen and oxygen atoms in total. The van der Waals surface area contributed by atoms with E-state index in [-0.39, 0.29) is 23.6 Å². The maximum atomic E-state index is 12.5. The van der Waals surface area contributed by atoms with E-state index >= 15 is 0 Å². The van der Waals surface area contributed by atoms with Crippen molar-refractivity contribution in [1.29, 1.82) is 0 Å². The molecule has 146 valence electrons. The first-order chi connectivity index (χ1) is 12.1. The Morgan fingerprint density at radius 2 is 1.92 bits per heavy atom. The third kappa shape index (κ3) is 5.71. The van der Waals surface area contributed by atoms with Gasteiger partial charge in [-0.2, -0.15) is 0 Å². The maximum absolute atomic E-state index is 12.5. The minimum atomic E-state index is -3.59. The number of hydrogen-bond acceptors (Lipinski definition) is 4. The second-order valence-corrected chi connectivity index (χ2v) is 9.48. The van der Waals surface area contributed by atoms with Gasteiger partial charge >= 0.3 is 6.09 Å². The Kier molecular flexibility index (Phi) is 6.69. The summed E-state index contributed by atoms with van der Waals surface area (Å²) in [6.07, 6.45) is 3.17. The van der Waals surface area contributed by atoms with Crippen LogP contribution in [0, 0.1) is 0 Å². The molecule has 0 aliphatic carbocycles. The predicted octanol–water partition coefficient (Wildman–Crippen LogP) is 3.32. The first kappa shape index (κ1) is 20.7. The molecular formula is C19H30N2O4S. The average Bonchev–Trinajstić information content (AvgIpc) is 3.01. The molecule has 7 heteroatoms. The van der Waals surface area contributed by atoms with Gasteiger partial charge in [0.15, 0.2) is 0 Å². The van der Waals surface area contributed by atoms with E-state index in [4.69, 9.17) is 4.74 Å². The van der Waals surface area contributed by atoms with Gasteiger partial charge in [-0.15, -0.1) is 0 Å². The number of hydrogen-bond donors (Lipinski definition) is 1. The molecule has 0 spiro atoms. The number of likely N-dealkylation sites (tertiary alicyclic amines) is 1. The van der Waals surface area contributed by atoms with Crippen LogP contribution in [0.1, 0.15) is 52.5 Å². The highest BCUT2D eigenvalue weighted by Gasteiger charge is 2.32. The molecule has 1 heterocycles. The van der Waals surface area contributed by atoms with Crippen molar-refractivity contribution in [2.75, 3.05) is 13.1 Å².